The van der Waals surface area contributed by atoms with Crippen molar-refractivity contribution < 1.29 is 5.11 Å². The molecule has 0 bridgehead atoms. The molecule has 3 nitrogen and oxygen atoms in total. The fraction of sp³-hybridized carbons (Fsp3) is 0.250. The van der Waals surface area contributed by atoms with Gasteiger partial charge in [0.15, 0.2) is 0 Å². The molecule has 1 aromatic heterocycles. The number of hydrogen-bond donors (Lipinski definition) is 1. The second kappa shape index (κ2) is 5.67. The van der Waals surface area contributed by atoms with Gasteiger partial charge in [0, 0.05) is 23.1 Å². The van der Waals surface area contributed by atoms with Crippen LogP contribution in [0.1, 0.15) is 11.1 Å². The minimum atomic E-state index is 0.0870. The number of benzene rings is 1. The molecule has 0 fully saturated rings. The number of rotatable bonds is 4. The minimum absolute atomic E-state index is 0.0870. The van der Waals surface area contributed by atoms with Gasteiger partial charge < -0.3 is 5.11 Å². The van der Waals surface area contributed by atoms with E-state index < -0.39 is 0 Å². The van der Waals surface area contributed by atoms with Gasteiger partial charge in [-0.3, -0.25) is 0 Å². The number of hydrogen-bond acceptors (Lipinski definition) is 2. The zero-order valence-corrected chi connectivity index (χ0v) is 11.4. The van der Waals surface area contributed by atoms with Crippen LogP contribution in [0.2, 0.25) is 5.15 Å². The summed E-state index contributed by atoms with van der Waals surface area (Å²) in [5, 5.41) is 13.7. The van der Waals surface area contributed by atoms with Gasteiger partial charge in [0.25, 0.3) is 0 Å². The van der Waals surface area contributed by atoms with E-state index in [-0.39, 0.29) is 6.61 Å². The topological polar surface area (TPSA) is 38.1 Å². The van der Waals surface area contributed by atoms with Crippen LogP contribution in [0.4, 0.5) is 0 Å². The highest BCUT2D eigenvalue weighted by molar-refractivity contribution is 9.10. The summed E-state index contributed by atoms with van der Waals surface area (Å²) in [5.74, 6) is 0. The third-order valence-corrected chi connectivity index (χ3v) is 3.44. The molecule has 0 aliphatic heterocycles. The smallest absolute Gasteiger partial charge is 0.130 e. The third-order valence-electron chi connectivity index (χ3n) is 2.47. The Bertz CT molecular complexity index is 496. The molecular weight excluding hydrogens is 304 g/mol. The Balaban J connectivity index is 2.16. The molecule has 0 aliphatic carbocycles. The van der Waals surface area contributed by atoms with E-state index >= 15 is 0 Å². The molecule has 0 saturated carbocycles. The highest BCUT2D eigenvalue weighted by Crippen LogP contribution is 2.18. The van der Waals surface area contributed by atoms with E-state index in [0.29, 0.717) is 18.1 Å². The summed E-state index contributed by atoms with van der Waals surface area (Å²) < 4.78 is 2.78. The van der Waals surface area contributed by atoms with E-state index in [1.807, 2.05) is 24.3 Å². The van der Waals surface area contributed by atoms with Gasteiger partial charge >= 0.3 is 0 Å². The van der Waals surface area contributed by atoms with Crippen LogP contribution < -0.4 is 0 Å². The van der Waals surface area contributed by atoms with Crippen molar-refractivity contribution in [3.8, 4) is 0 Å². The first-order chi connectivity index (χ1) is 8.20. The highest BCUT2D eigenvalue weighted by Gasteiger charge is 2.08. The van der Waals surface area contributed by atoms with Gasteiger partial charge in [-0.2, -0.15) is 5.10 Å². The number of aliphatic hydroxyl groups is 1. The fourth-order valence-corrected chi connectivity index (χ4v) is 2.08. The molecule has 90 valence electrons. The second-order valence-corrected chi connectivity index (χ2v) is 4.99. The van der Waals surface area contributed by atoms with Gasteiger partial charge in [-0.1, -0.05) is 39.7 Å². The Morgan fingerprint density at radius 1 is 1.29 bits per heavy atom. The van der Waals surface area contributed by atoms with Crippen LogP contribution in [0.3, 0.4) is 0 Å². The van der Waals surface area contributed by atoms with Crippen molar-refractivity contribution in [3.63, 3.8) is 0 Å². The average molecular weight is 316 g/mol. The van der Waals surface area contributed by atoms with Gasteiger partial charge in [0.2, 0.25) is 0 Å². The average Bonchev–Trinajstić information content (AvgIpc) is 2.65. The number of aliphatic hydroxyl groups excluding tert-OH is 1. The van der Waals surface area contributed by atoms with E-state index in [1.54, 1.807) is 10.9 Å². The zero-order valence-electron chi connectivity index (χ0n) is 9.11. The van der Waals surface area contributed by atoms with Crippen LogP contribution in [0.15, 0.2) is 34.9 Å². The fourth-order valence-electron chi connectivity index (χ4n) is 1.57. The summed E-state index contributed by atoms with van der Waals surface area (Å²) in [5.41, 5.74) is 2.01. The van der Waals surface area contributed by atoms with E-state index in [2.05, 4.69) is 21.0 Å². The van der Waals surface area contributed by atoms with Crippen molar-refractivity contribution in [1.82, 2.24) is 9.78 Å². The number of nitrogens with zero attached hydrogens (tertiary/aromatic N) is 2. The molecule has 0 saturated heterocycles. The number of halogens is 2. The summed E-state index contributed by atoms with van der Waals surface area (Å²) in [7, 11) is 0. The van der Waals surface area contributed by atoms with Crippen LogP contribution in [0.25, 0.3) is 0 Å². The summed E-state index contributed by atoms with van der Waals surface area (Å²) >= 11 is 9.56. The molecule has 2 aromatic rings. The monoisotopic (exact) mass is 314 g/mol. The minimum Gasteiger partial charge on any atom is -0.396 e. The maximum absolute atomic E-state index is 8.87. The molecule has 0 spiro atoms. The van der Waals surface area contributed by atoms with E-state index in [0.717, 1.165) is 15.6 Å². The lowest BCUT2D eigenvalue weighted by Crippen LogP contribution is -2.02. The first kappa shape index (κ1) is 12.6. The van der Waals surface area contributed by atoms with Crippen molar-refractivity contribution >= 4 is 27.5 Å². The Morgan fingerprint density at radius 3 is 2.65 bits per heavy atom. The zero-order chi connectivity index (χ0) is 12.3. The molecule has 0 amide bonds. The SMILES string of the molecule is OCCc1cnn(Cc2ccc(Br)cc2)c1Cl. The molecule has 2 rings (SSSR count). The predicted octanol–water partition coefficient (Wildman–Crippen LogP) is 2.88. The first-order valence-electron chi connectivity index (χ1n) is 5.26. The molecule has 1 heterocycles. The van der Waals surface area contributed by atoms with Gasteiger partial charge in [0.1, 0.15) is 5.15 Å². The van der Waals surface area contributed by atoms with Crippen LogP contribution in [-0.2, 0) is 13.0 Å². The lowest BCUT2D eigenvalue weighted by atomic mass is 10.2. The Labute approximate surface area is 113 Å². The van der Waals surface area contributed by atoms with Crippen molar-refractivity contribution in [2.45, 2.75) is 13.0 Å². The molecule has 5 heteroatoms. The largest absolute Gasteiger partial charge is 0.396 e. The van der Waals surface area contributed by atoms with Crippen molar-refractivity contribution in [1.29, 1.82) is 0 Å². The summed E-state index contributed by atoms with van der Waals surface area (Å²) in [4.78, 5) is 0. The normalized spacial score (nSPS) is 10.8. The summed E-state index contributed by atoms with van der Waals surface area (Å²) in [6.45, 7) is 0.723. The Hall–Kier alpha value is -0.840. The van der Waals surface area contributed by atoms with Crippen molar-refractivity contribution in [3.05, 3.63) is 51.2 Å². The Kier molecular flexibility index (Phi) is 4.20. The standard InChI is InChI=1S/C12H12BrClN2O/c13-11-3-1-9(2-4-11)8-16-12(14)10(5-6-17)7-15-16/h1-4,7,17H,5-6,8H2. The molecule has 0 radical (unpaired) electrons. The molecule has 0 atom stereocenters. The Morgan fingerprint density at radius 2 is 2.00 bits per heavy atom. The maximum atomic E-state index is 8.87. The molecular formula is C12H12BrClN2O. The highest BCUT2D eigenvalue weighted by atomic mass is 79.9. The lowest BCUT2D eigenvalue weighted by Gasteiger charge is -2.04. The maximum Gasteiger partial charge on any atom is 0.130 e. The number of aromatic nitrogens is 2. The predicted molar refractivity (Wildman–Crippen MR) is 71.3 cm³/mol. The molecule has 0 unspecified atom stereocenters. The van der Waals surface area contributed by atoms with Gasteiger partial charge in [-0.25, -0.2) is 4.68 Å². The molecule has 17 heavy (non-hydrogen) atoms. The second-order valence-electron chi connectivity index (χ2n) is 3.72. The summed E-state index contributed by atoms with van der Waals surface area (Å²) in [6.07, 6.45) is 2.25. The van der Waals surface area contributed by atoms with Crippen molar-refractivity contribution in [2.24, 2.45) is 0 Å². The van der Waals surface area contributed by atoms with Crippen LogP contribution in [-0.4, -0.2) is 21.5 Å². The van der Waals surface area contributed by atoms with Crippen LogP contribution >= 0.6 is 27.5 Å². The van der Waals surface area contributed by atoms with Gasteiger partial charge in [-0.15, -0.1) is 0 Å². The molecule has 0 aliphatic rings. The molecule has 1 aromatic carbocycles. The van der Waals surface area contributed by atoms with Gasteiger partial charge in [0.05, 0.1) is 12.7 Å². The van der Waals surface area contributed by atoms with Crippen LogP contribution in [0, 0.1) is 0 Å². The van der Waals surface area contributed by atoms with Crippen molar-refractivity contribution in [2.75, 3.05) is 6.61 Å². The van der Waals surface area contributed by atoms with Gasteiger partial charge in [-0.05, 0) is 17.7 Å². The van der Waals surface area contributed by atoms with E-state index in [1.165, 1.54) is 0 Å². The first-order valence-corrected chi connectivity index (χ1v) is 6.43. The van der Waals surface area contributed by atoms with Crippen LogP contribution in [0.5, 0.6) is 0 Å². The van der Waals surface area contributed by atoms with E-state index in [4.69, 9.17) is 16.7 Å². The summed E-state index contributed by atoms with van der Waals surface area (Å²) in [6, 6.07) is 8.02. The molecule has 1 N–H and O–H groups in total. The quantitative estimate of drug-likeness (QED) is 0.942. The third kappa shape index (κ3) is 3.09. The lowest BCUT2D eigenvalue weighted by molar-refractivity contribution is 0.299. The van der Waals surface area contributed by atoms with E-state index in [9.17, 15) is 0 Å².